The third kappa shape index (κ3) is 5.40. The Kier molecular flexibility index (Phi) is 6.59. The monoisotopic (exact) mass is 436 g/mol. The van der Waals surface area contributed by atoms with Crippen molar-refractivity contribution in [1.82, 2.24) is 14.7 Å². The molecule has 6 nitrogen and oxygen atoms in total. The summed E-state index contributed by atoms with van der Waals surface area (Å²) in [5.74, 6) is -1.35. The van der Waals surface area contributed by atoms with Crippen LogP contribution in [-0.2, 0) is 6.18 Å². The first-order valence-electron chi connectivity index (χ1n) is 9.26. The summed E-state index contributed by atoms with van der Waals surface area (Å²) in [6, 6.07) is 11.1. The molecule has 164 valence electrons. The van der Waals surface area contributed by atoms with Crippen molar-refractivity contribution in [3.63, 3.8) is 0 Å². The molecule has 1 N–H and O–H groups in total. The van der Waals surface area contributed by atoms with Crippen LogP contribution in [0.3, 0.4) is 0 Å². The van der Waals surface area contributed by atoms with Gasteiger partial charge in [0.25, 0.3) is 5.91 Å². The molecule has 1 heterocycles. The maximum atomic E-state index is 14.0. The van der Waals surface area contributed by atoms with E-state index in [4.69, 9.17) is 4.74 Å². The molecule has 0 saturated carbocycles. The molecular weight excluding hydrogens is 416 g/mol. The third-order valence-corrected chi connectivity index (χ3v) is 4.28. The summed E-state index contributed by atoms with van der Waals surface area (Å²) in [5, 5.41) is 6.01. The SMILES string of the molecule is CN(C)CCOc1ccc(NC(=O)c2cnn(-c3ccccc3F)c2C(F)(F)F)cc1. The number of likely N-dealkylation sites (N-methyl/N-ethyl adjacent to an activating group) is 1. The number of ether oxygens (including phenoxy) is 1. The van der Waals surface area contributed by atoms with Crippen LogP contribution in [0, 0.1) is 5.82 Å². The Labute approximate surface area is 176 Å². The first-order chi connectivity index (χ1) is 14.7. The summed E-state index contributed by atoms with van der Waals surface area (Å²) in [6.45, 7) is 1.17. The molecule has 1 aromatic heterocycles. The molecule has 1 amide bonds. The third-order valence-electron chi connectivity index (χ3n) is 4.28. The summed E-state index contributed by atoms with van der Waals surface area (Å²) in [4.78, 5) is 14.5. The zero-order valence-corrected chi connectivity index (χ0v) is 16.8. The highest BCUT2D eigenvalue weighted by Crippen LogP contribution is 2.34. The van der Waals surface area contributed by atoms with Gasteiger partial charge in [-0.3, -0.25) is 4.79 Å². The standard InChI is InChI=1S/C21H20F4N4O2/c1-28(2)11-12-31-15-9-7-14(8-10-15)27-20(30)16-13-26-29(19(16)21(23,24)25)18-6-4-3-5-17(18)22/h3-10,13H,11-12H2,1-2H3,(H,27,30). The Morgan fingerprint density at radius 1 is 1.13 bits per heavy atom. The van der Waals surface area contributed by atoms with Crippen molar-refractivity contribution >= 4 is 11.6 Å². The molecule has 10 heteroatoms. The number of carbonyl (C=O) groups is 1. The Balaban J connectivity index is 1.81. The molecule has 0 fully saturated rings. The van der Waals surface area contributed by atoms with Crippen LogP contribution in [0.15, 0.2) is 54.7 Å². The summed E-state index contributed by atoms with van der Waals surface area (Å²) >= 11 is 0. The molecule has 2 aromatic carbocycles. The molecule has 0 spiro atoms. The molecule has 0 radical (unpaired) electrons. The summed E-state index contributed by atoms with van der Waals surface area (Å²) in [5.41, 5.74) is -2.22. The molecule has 0 bridgehead atoms. The Morgan fingerprint density at radius 2 is 1.81 bits per heavy atom. The fourth-order valence-electron chi connectivity index (χ4n) is 2.77. The quantitative estimate of drug-likeness (QED) is 0.564. The number of nitrogens with zero attached hydrogens (tertiary/aromatic N) is 3. The highest BCUT2D eigenvalue weighted by Gasteiger charge is 2.41. The maximum absolute atomic E-state index is 14.0. The number of halogens is 4. The van der Waals surface area contributed by atoms with Crippen LogP contribution in [0.4, 0.5) is 23.2 Å². The van der Waals surface area contributed by atoms with Gasteiger partial charge < -0.3 is 15.0 Å². The molecule has 0 aliphatic rings. The molecule has 0 saturated heterocycles. The van der Waals surface area contributed by atoms with Crippen LogP contribution in [-0.4, -0.2) is 47.8 Å². The Bertz CT molecular complexity index is 1050. The van der Waals surface area contributed by atoms with E-state index in [1.807, 2.05) is 19.0 Å². The van der Waals surface area contributed by atoms with E-state index in [0.717, 1.165) is 18.3 Å². The summed E-state index contributed by atoms with van der Waals surface area (Å²) in [6.07, 6.45) is -4.17. The minimum absolute atomic E-state index is 0.275. The Hall–Kier alpha value is -3.40. The van der Waals surface area contributed by atoms with Gasteiger partial charge in [-0.05, 0) is 50.5 Å². The number of aromatic nitrogens is 2. The summed E-state index contributed by atoms with van der Waals surface area (Å²) in [7, 11) is 3.82. The van der Waals surface area contributed by atoms with E-state index >= 15 is 0 Å². The number of alkyl halides is 3. The van der Waals surface area contributed by atoms with Crippen LogP contribution in [0.5, 0.6) is 5.75 Å². The number of hydrogen-bond acceptors (Lipinski definition) is 4. The van der Waals surface area contributed by atoms with Crippen LogP contribution in [0.1, 0.15) is 16.1 Å². The largest absolute Gasteiger partial charge is 0.492 e. The molecule has 3 aromatic rings. The van der Waals surface area contributed by atoms with E-state index in [2.05, 4.69) is 10.4 Å². The zero-order valence-electron chi connectivity index (χ0n) is 16.8. The second-order valence-electron chi connectivity index (χ2n) is 6.90. The maximum Gasteiger partial charge on any atom is 0.434 e. The predicted molar refractivity (Wildman–Crippen MR) is 107 cm³/mol. The molecule has 3 rings (SSSR count). The lowest BCUT2D eigenvalue weighted by molar-refractivity contribution is -0.143. The molecule has 31 heavy (non-hydrogen) atoms. The van der Waals surface area contributed by atoms with E-state index in [1.165, 1.54) is 24.3 Å². The average Bonchev–Trinajstić information content (AvgIpc) is 3.15. The van der Waals surface area contributed by atoms with Gasteiger partial charge in [0.15, 0.2) is 5.69 Å². The van der Waals surface area contributed by atoms with E-state index in [9.17, 15) is 22.4 Å². The van der Waals surface area contributed by atoms with Crippen LogP contribution >= 0.6 is 0 Å². The zero-order chi connectivity index (χ0) is 22.6. The predicted octanol–water partition coefficient (Wildman–Crippen LogP) is 4.22. The van der Waals surface area contributed by atoms with Crippen molar-refractivity contribution in [2.24, 2.45) is 0 Å². The second kappa shape index (κ2) is 9.17. The Morgan fingerprint density at radius 3 is 2.42 bits per heavy atom. The van der Waals surface area contributed by atoms with E-state index in [-0.39, 0.29) is 5.69 Å². The number of amides is 1. The highest BCUT2D eigenvalue weighted by atomic mass is 19.4. The molecule has 0 aliphatic carbocycles. The topological polar surface area (TPSA) is 59.4 Å². The number of para-hydroxylation sites is 1. The van der Waals surface area contributed by atoms with E-state index in [0.29, 0.717) is 23.6 Å². The van der Waals surface area contributed by atoms with Crippen molar-refractivity contribution in [1.29, 1.82) is 0 Å². The minimum atomic E-state index is -4.93. The van der Waals surface area contributed by atoms with Gasteiger partial charge in [-0.1, -0.05) is 12.1 Å². The lowest BCUT2D eigenvalue weighted by atomic mass is 10.2. The van der Waals surface area contributed by atoms with Gasteiger partial charge in [0.05, 0.1) is 11.8 Å². The average molecular weight is 436 g/mol. The number of rotatable bonds is 7. The van der Waals surface area contributed by atoms with Gasteiger partial charge in [-0.2, -0.15) is 18.3 Å². The van der Waals surface area contributed by atoms with Crippen molar-refractivity contribution in [2.45, 2.75) is 6.18 Å². The van der Waals surface area contributed by atoms with Crippen molar-refractivity contribution in [3.05, 3.63) is 71.8 Å². The van der Waals surface area contributed by atoms with Gasteiger partial charge in [-0.15, -0.1) is 0 Å². The highest BCUT2D eigenvalue weighted by molar-refractivity contribution is 6.05. The van der Waals surface area contributed by atoms with Crippen molar-refractivity contribution < 1.29 is 27.1 Å². The van der Waals surface area contributed by atoms with E-state index in [1.54, 1.807) is 12.1 Å². The molecule has 0 aliphatic heterocycles. The fourth-order valence-corrected chi connectivity index (χ4v) is 2.77. The number of hydrogen-bond donors (Lipinski definition) is 1. The smallest absolute Gasteiger partial charge is 0.434 e. The fraction of sp³-hybridized carbons (Fsp3) is 0.238. The van der Waals surface area contributed by atoms with Gasteiger partial charge in [0.1, 0.15) is 23.9 Å². The van der Waals surface area contributed by atoms with Gasteiger partial charge in [0, 0.05) is 12.2 Å². The van der Waals surface area contributed by atoms with E-state index < -0.39 is 34.8 Å². The number of anilines is 1. The van der Waals surface area contributed by atoms with Crippen LogP contribution < -0.4 is 10.1 Å². The van der Waals surface area contributed by atoms with Crippen LogP contribution in [0.2, 0.25) is 0 Å². The minimum Gasteiger partial charge on any atom is -0.492 e. The normalized spacial score (nSPS) is 11.6. The molecular formula is C21H20F4N4O2. The van der Waals surface area contributed by atoms with Gasteiger partial charge in [0.2, 0.25) is 0 Å². The van der Waals surface area contributed by atoms with Crippen molar-refractivity contribution in [3.8, 4) is 11.4 Å². The number of nitrogens with one attached hydrogen (secondary N) is 1. The number of carbonyl (C=O) groups excluding carboxylic acids is 1. The van der Waals surface area contributed by atoms with Crippen LogP contribution in [0.25, 0.3) is 5.69 Å². The van der Waals surface area contributed by atoms with Gasteiger partial charge >= 0.3 is 6.18 Å². The summed E-state index contributed by atoms with van der Waals surface area (Å²) < 4.78 is 61.1. The van der Waals surface area contributed by atoms with Gasteiger partial charge in [-0.25, -0.2) is 9.07 Å². The molecule has 0 unspecified atom stereocenters. The first kappa shape index (κ1) is 22.3. The number of benzene rings is 2. The second-order valence-corrected chi connectivity index (χ2v) is 6.90. The lowest BCUT2D eigenvalue weighted by Gasteiger charge is -2.13. The lowest BCUT2D eigenvalue weighted by Crippen LogP contribution is -2.21. The van der Waals surface area contributed by atoms with Crippen molar-refractivity contribution in [2.75, 3.05) is 32.6 Å². The molecule has 0 atom stereocenters. The first-order valence-corrected chi connectivity index (χ1v) is 9.26.